The molecule has 1 aromatic carbocycles. The van der Waals surface area contributed by atoms with Crippen LogP contribution in [0.25, 0.3) is 0 Å². The Morgan fingerprint density at radius 3 is 2.16 bits per heavy atom. The summed E-state index contributed by atoms with van der Waals surface area (Å²) in [7, 11) is 0. The molecule has 170 valence electrons. The van der Waals surface area contributed by atoms with Gasteiger partial charge in [-0.1, -0.05) is 47.0 Å². The van der Waals surface area contributed by atoms with Gasteiger partial charge in [0.25, 0.3) is 5.91 Å². The predicted molar refractivity (Wildman–Crippen MR) is 124 cm³/mol. The molecular weight excluding hydrogens is 384 g/mol. The van der Waals surface area contributed by atoms with Gasteiger partial charge in [-0.3, -0.25) is 9.69 Å². The third kappa shape index (κ3) is 4.01. The Balaban J connectivity index is 1.08. The molecule has 31 heavy (non-hydrogen) atoms. The van der Waals surface area contributed by atoms with Crippen LogP contribution in [0, 0.1) is 16.2 Å². The first-order valence-corrected chi connectivity index (χ1v) is 12.5. The van der Waals surface area contributed by atoms with Crippen LogP contribution in [0.4, 0.5) is 0 Å². The average Bonchev–Trinajstić information content (AvgIpc) is 2.67. The van der Waals surface area contributed by atoms with Gasteiger partial charge < -0.3 is 10.1 Å². The van der Waals surface area contributed by atoms with Crippen molar-refractivity contribution >= 4 is 5.91 Å². The number of likely N-dealkylation sites (tertiary alicyclic amines) is 1. The minimum atomic E-state index is 0.0252. The molecule has 1 saturated heterocycles. The number of nitrogens with zero attached hydrogens (tertiary/aromatic N) is 1. The molecule has 0 aromatic heterocycles. The lowest BCUT2D eigenvalue weighted by Crippen LogP contribution is -2.66. The van der Waals surface area contributed by atoms with Crippen LogP contribution < -0.4 is 10.1 Å². The number of nitrogens with one attached hydrogen (secondary N) is 1. The van der Waals surface area contributed by atoms with Crippen molar-refractivity contribution in [1.82, 2.24) is 10.2 Å². The molecule has 0 unspecified atom stereocenters. The Kier molecular flexibility index (Phi) is 5.16. The zero-order valence-corrected chi connectivity index (χ0v) is 19.9. The minimum absolute atomic E-state index is 0.0252. The maximum Gasteiger partial charge on any atom is 0.251 e. The molecule has 1 amide bonds. The highest BCUT2D eigenvalue weighted by Crippen LogP contribution is 2.54. The third-order valence-electron chi connectivity index (χ3n) is 8.66. The summed E-state index contributed by atoms with van der Waals surface area (Å²) >= 11 is 0. The van der Waals surface area contributed by atoms with Gasteiger partial charge in [-0.05, 0) is 67.2 Å². The first kappa shape index (κ1) is 21.3. The molecule has 1 aliphatic heterocycles. The van der Waals surface area contributed by atoms with E-state index in [0.717, 1.165) is 23.8 Å². The lowest BCUT2D eigenvalue weighted by molar-refractivity contribution is -0.137. The van der Waals surface area contributed by atoms with Crippen molar-refractivity contribution < 1.29 is 9.53 Å². The first-order chi connectivity index (χ1) is 14.7. The molecule has 1 spiro atoms. The fraction of sp³-hybridized carbons (Fsp3) is 0.741. The van der Waals surface area contributed by atoms with Gasteiger partial charge in [0.05, 0.1) is 6.10 Å². The monoisotopic (exact) mass is 424 g/mol. The van der Waals surface area contributed by atoms with Crippen LogP contribution in [-0.4, -0.2) is 42.1 Å². The van der Waals surface area contributed by atoms with Crippen LogP contribution >= 0.6 is 0 Å². The van der Waals surface area contributed by atoms with E-state index in [1.807, 2.05) is 24.3 Å². The van der Waals surface area contributed by atoms with Crippen molar-refractivity contribution in [1.29, 1.82) is 0 Å². The number of hydrogen-bond acceptors (Lipinski definition) is 3. The van der Waals surface area contributed by atoms with E-state index < -0.39 is 0 Å². The number of hydrogen-bond donors (Lipinski definition) is 1. The van der Waals surface area contributed by atoms with Gasteiger partial charge in [-0.15, -0.1) is 0 Å². The van der Waals surface area contributed by atoms with Crippen molar-refractivity contribution in [3.63, 3.8) is 0 Å². The molecule has 1 aromatic rings. The lowest BCUT2D eigenvalue weighted by Gasteiger charge is -2.61. The van der Waals surface area contributed by atoms with Crippen LogP contribution in [0.15, 0.2) is 24.3 Å². The van der Waals surface area contributed by atoms with Gasteiger partial charge in [0, 0.05) is 36.2 Å². The molecule has 0 radical (unpaired) electrons. The summed E-state index contributed by atoms with van der Waals surface area (Å²) in [5.74, 6) is 0.918. The van der Waals surface area contributed by atoms with Gasteiger partial charge in [-0.25, -0.2) is 0 Å². The smallest absolute Gasteiger partial charge is 0.251 e. The van der Waals surface area contributed by atoms with Crippen molar-refractivity contribution in [2.75, 3.05) is 13.1 Å². The second-order valence-corrected chi connectivity index (χ2v) is 12.4. The second kappa shape index (κ2) is 7.50. The van der Waals surface area contributed by atoms with Crippen molar-refractivity contribution in [3.05, 3.63) is 29.8 Å². The van der Waals surface area contributed by atoms with Gasteiger partial charge >= 0.3 is 0 Å². The number of ether oxygens (including phenoxy) is 1. The number of rotatable bonds is 5. The van der Waals surface area contributed by atoms with E-state index in [2.05, 4.69) is 37.9 Å². The molecular formula is C27H40N2O2. The van der Waals surface area contributed by atoms with Crippen molar-refractivity contribution in [3.8, 4) is 5.75 Å². The number of carbonyl (C=O) groups is 1. The summed E-state index contributed by atoms with van der Waals surface area (Å²) in [5, 5.41) is 3.27. The average molecular weight is 425 g/mol. The molecule has 1 heterocycles. The van der Waals surface area contributed by atoms with Crippen LogP contribution in [0.1, 0.15) is 89.4 Å². The molecule has 0 bridgehead atoms. The highest BCUT2D eigenvalue weighted by atomic mass is 16.5. The van der Waals surface area contributed by atoms with Gasteiger partial charge in [0.2, 0.25) is 0 Å². The van der Waals surface area contributed by atoms with Crippen molar-refractivity contribution in [2.45, 2.75) is 97.2 Å². The highest BCUT2D eigenvalue weighted by Gasteiger charge is 2.55. The van der Waals surface area contributed by atoms with Crippen LogP contribution in [0.2, 0.25) is 0 Å². The number of benzene rings is 1. The lowest BCUT2D eigenvalue weighted by atomic mass is 9.52. The predicted octanol–water partition coefficient (Wildman–Crippen LogP) is 5.42. The Morgan fingerprint density at radius 2 is 1.58 bits per heavy atom. The summed E-state index contributed by atoms with van der Waals surface area (Å²) in [6, 6.07) is 8.81. The fourth-order valence-corrected chi connectivity index (χ4v) is 7.55. The zero-order chi connectivity index (χ0) is 21.9. The summed E-state index contributed by atoms with van der Waals surface area (Å²) in [5.41, 5.74) is 1.58. The van der Waals surface area contributed by atoms with Crippen LogP contribution in [-0.2, 0) is 0 Å². The summed E-state index contributed by atoms with van der Waals surface area (Å²) in [6.45, 7) is 11.5. The van der Waals surface area contributed by atoms with E-state index in [4.69, 9.17) is 4.74 Å². The SMILES string of the molecule is CC1(C)CC(C)(C)C1NC(=O)c1ccc(OC2CC3(C2)CN(C2CCCCC2)C3)cc1. The van der Waals surface area contributed by atoms with Gasteiger partial charge in [0.1, 0.15) is 5.75 Å². The Morgan fingerprint density at radius 1 is 0.968 bits per heavy atom. The largest absolute Gasteiger partial charge is 0.490 e. The summed E-state index contributed by atoms with van der Waals surface area (Å²) in [6.07, 6.45) is 10.9. The number of carbonyl (C=O) groups excluding carboxylic acids is 1. The third-order valence-corrected chi connectivity index (χ3v) is 8.66. The summed E-state index contributed by atoms with van der Waals surface area (Å²) < 4.78 is 6.23. The molecule has 5 rings (SSSR count). The maximum absolute atomic E-state index is 12.8. The topological polar surface area (TPSA) is 41.6 Å². The van der Waals surface area contributed by atoms with Crippen LogP contribution in [0.3, 0.4) is 0 Å². The normalized spacial score (nSPS) is 29.5. The molecule has 4 nitrogen and oxygen atoms in total. The Labute approximate surface area is 188 Å². The quantitative estimate of drug-likeness (QED) is 0.686. The van der Waals surface area contributed by atoms with E-state index in [1.54, 1.807) is 0 Å². The minimum Gasteiger partial charge on any atom is -0.490 e. The highest BCUT2D eigenvalue weighted by molar-refractivity contribution is 5.94. The Hall–Kier alpha value is -1.55. The zero-order valence-electron chi connectivity index (χ0n) is 19.9. The van der Waals surface area contributed by atoms with Crippen molar-refractivity contribution in [2.24, 2.45) is 16.2 Å². The molecule has 3 saturated carbocycles. The maximum atomic E-state index is 12.8. The summed E-state index contributed by atoms with van der Waals surface area (Å²) in [4.78, 5) is 15.5. The van der Waals surface area contributed by atoms with E-state index in [1.165, 1.54) is 58.0 Å². The molecule has 3 aliphatic carbocycles. The first-order valence-electron chi connectivity index (χ1n) is 12.5. The molecule has 4 heteroatoms. The second-order valence-electron chi connectivity index (χ2n) is 12.4. The van der Waals surface area contributed by atoms with E-state index in [0.29, 0.717) is 11.5 Å². The standard InChI is InChI=1S/C27H40N2O2/c1-25(2)16-26(3,4)24(25)28-23(30)19-10-12-21(13-11-19)31-22-14-27(15-22)17-29(18-27)20-8-6-5-7-9-20/h10-13,20,22,24H,5-9,14-18H2,1-4H3,(H,28,30). The Bertz CT molecular complexity index is 794. The van der Waals surface area contributed by atoms with Crippen LogP contribution in [0.5, 0.6) is 5.75 Å². The molecule has 1 N–H and O–H groups in total. The van der Waals surface area contributed by atoms with Gasteiger partial charge in [-0.2, -0.15) is 0 Å². The van der Waals surface area contributed by atoms with E-state index in [9.17, 15) is 4.79 Å². The molecule has 4 fully saturated rings. The van der Waals surface area contributed by atoms with E-state index >= 15 is 0 Å². The molecule has 4 aliphatic rings. The molecule has 0 atom stereocenters. The van der Waals surface area contributed by atoms with Gasteiger partial charge in [0.15, 0.2) is 0 Å². The number of amides is 1. The van der Waals surface area contributed by atoms with E-state index in [-0.39, 0.29) is 22.8 Å². The fourth-order valence-electron chi connectivity index (χ4n) is 7.55.